The first-order valence-corrected chi connectivity index (χ1v) is 7.14. The van der Waals surface area contributed by atoms with Crippen LogP contribution in [0.5, 0.6) is 5.88 Å². The molecule has 20 heavy (non-hydrogen) atoms. The van der Waals surface area contributed by atoms with Crippen LogP contribution in [0.4, 0.5) is 0 Å². The number of piperidine rings is 1. The molecule has 1 aliphatic rings. The number of hydrogen-bond acceptors (Lipinski definition) is 4. The average molecular weight is 278 g/mol. The summed E-state index contributed by atoms with van der Waals surface area (Å²) in [4.78, 5) is 18.5. The van der Waals surface area contributed by atoms with Crippen molar-refractivity contribution in [1.82, 2.24) is 9.88 Å². The second-order valence-electron chi connectivity index (χ2n) is 5.47. The SMILES string of the molecule is CC(C)Oc1cccc(C(=O)N2CCCC(CO)C2)n1. The van der Waals surface area contributed by atoms with E-state index in [1.165, 1.54) is 0 Å². The lowest BCUT2D eigenvalue weighted by Gasteiger charge is -2.31. The van der Waals surface area contributed by atoms with Gasteiger partial charge in [-0.1, -0.05) is 6.07 Å². The third kappa shape index (κ3) is 3.70. The Balaban J connectivity index is 2.08. The number of nitrogens with zero attached hydrogens (tertiary/aromatic N) is 2. The number of amides is 1. The van der Waals surface area contributed by atoms with Crippen molar-refractivity contribution in [3.05, 3.63) is 23.9 Å². The predicted octanol–water partition coefficient (Wildman–Crippen LogP) is 1.71. The second kappa shape index (κ2) is 6.70. The molecule has 1 N–H and O–H groups in total. The number of aliphatic hydroxyl groups excluding tert-OH is 1. The average Bonchev–Trinajstić information content (AvgIpc) is 2.46. The molecule has 0 aliphatic carbocycles. The van der Waals surface area contributed by atoms with Crippen molar-refractivity contribution in [2.24, 2.45) is 5.92 Å². The summed E-state index contributed by atoms with van der Waals surface area (Å²) in [5.74, 6) is 0.571. The van der Waals surface area contributed by atoms with Crippen LogP contribution in [0, 0.1) is 5.92 Å². The Morgan fingerprint density at radius 1 is 1.55 bits per heavy atom. The summed E-state index contributed by atoms with van der Waals surface area (Å²) in [6, 6.07) is 5.24. The monoisotopic (exact) mass is 278 g/mol. The highest BCUT2D eigenvalue weighted by Gasteiger charge is 2.24. The van der Waals surface area contributed by atoms with Crippen LogP contribution < -0.4 is 4.74 Å². The van der Waals surface area contributed by atoms with Crippen LogP contribution in [0.1, 0.15) is 37.2 Å². The maximum Gasteiger partial charge on any atom is 0.272 e. The quantitative estimate of drug-likeness (QED) is 0.910. The van der Waals surface area contributed by atoms with E-state index in [1.54, 1.807) is 23.1 Å². The van der Waals surface area contributed by atoms with Gasteiger partial charge in [0.1, 0.15) is 5.69 Å². The first-order valence-electron chi connectivity index (χ1n) is 7.14. The lowest BCUT2D eigenvalue weighted by Crippen LogP contribution is -2.41. The summed E-state index contributed by atoms with van der Waals surface area (Å²) in [5.41, 5.74) is 0.404. The molecule has 5 heteroatoms. The summed E-state index contributed by atoms with van der Waals surface area (Å²) < 4.78 is 5.51. The minimum absolute atomic E-state index is 0.0293. The first-order chi connectivity index (χ1) is 9.60. The van der Waals surface area contributed by atoms with Gasteiger partial charge < -0.3 is 14.7 Å². The molecule has 1 fully saturated rings. The van der Waals surface area contributed by atoms with E-state index in [0.29, 0.717) is 18.1 Å². The van der Waals surface area contributed by atoms with Crippen LogP contribution >= 0.6 is 0 Å². The van der Waals surface area contributed by atoms with Gasteiger partial charge in [-0.3, -0.25) is 4.79 Å². The van der Waals surface area contributed by atoms with E-state index in [9.17, 15) is 9.90 Å². The molecule has 110 valence electrons. The van der Waals surface area contributed by atoms with Gasteiger partial charge in [-0.25, -0.2) is 4.98 Å². The lowest BCUT2D eigenvalue weighted by molar-refractivity contribution is 0.0613. The Morgan fingerprint density at radius 2 is 2.35 bits per heavy atom. The highest BCUT2D eigenvalue weighted by atomic mass is 16.5. The predicted molar refractivity (Wildman–Crippen MR) is 75.7 cm³/mol. The zero-order valence-corrected chi connectivity index (χ0v) is 12.1. The van der Waals surface area contributed by atoms with Crippen molar-refractivity contribution < 1.29 is 14.6 Å². The number of likely N-dealkylation sites (tertiary alicyclic amines) is 1. The minimum atomic E-state index is -0.0858. The van der Waals surface area contributed by atoms with Gasteiger partial charge in [-0.15, -0.1) is 0 Å². The molecule has 1 aromatic rings. The van der Waals surface area contributed by atoms with Crippen LogP contribution in [-0.2, 0) is 0 Å². The third-order valence-electron chi connectivity index (χ3n) is 3.36. The van der Waals surface area contributed by atoms with E-state index in [1.807, 2.05) is 13.8 Å². The van der Waals surface area contributed by atoms with Gasteiger partial charge in [0.05, 0.1) is 6.10 Å². The summed E-state index contributed by atoms with van der Waals surface area (Å²) >= 11 is 0. The van der Waals surface area contributed by atoms with Gasteiger partial charge in [-0.2, -0.15) is 0 Å². The molecule has 1 aromatic heterocycles. The largest absolute Gasteiger partial charge is 0.475 e. The number of aliphatic hydroxyl groups is 1. The molecular formula is C15H22N2O3. The fourth-order valence-corrected chi connectivity index (χ4v) is 2.40. The molecule has 0 saturated carbocycles. The molecule has 2 rings (SSSR count). The molecule has 1 amide bonds. The van der Waals surface area contributed by atoms with Crippen LogP contribution in [0.2, 0.25) is 0 Å². The zero-order valence-electron chi connectivity index (χ0n) is 12.1. The Hall–Kier alpha value is -1.62. The summed E-state index contributed by atoms with van der Waals surface area (Å²) in [6.07, 6.45) is 1.94. The molecule has 5 nitrogen and oxygen atoms in total. The van der Waals surface area contributed by atoms with E-state index < -0.39 is 0 Å². The smallest absolute Gasteiger partial charge is 0.272 e. The highest BCUT2D eigenvalue weighted by Crippen LogP contribution is 2.18. The molecule has 0 bridgehead atoms. The van der Waals surface area contributed by atoms with Gasteiger partial charge in [0.2, 0.25) is 5.88 Å². The topological polar surface area (TPSA) is 62.7 Å². The maximum absolute atomic E-state index is 12.4. The Labute approximate surface area is 119 Å². The van der Waals surface area contributed by atoms with Crippen molar-refractivity contribution in [1.29, 1.82) is 0 Å². The van der Waals surface area contributed by atoms with E-state index in [-0.39, 0.29) is 24.5 Å². The number of pyridine rings is 1. The number of aromatic nitrogens is 1. The van der Waals surface area contributed by atoms with E-state index in [4.69, 9.17) is 4.74 Å². The van der Waals surface area contributed by atoms with Gasteiger partial charge in [0.15, 0.2) is 0 Å². The second-order valence-corrected chi connectivity index (χ2v) is 5.47. The molecule has 1 atom stereocenters. The normalized spacial score (nSPS) is 19.2. The molecule has 1 saturated heterocycles. The zero-order chi connectivity index (χ0) is 14.5. The standard InChI is InChI=1S/C15H22N2O3/c1-11(2)20-14-7-3-6-13(16-14)15(19)17-8-4-5-12(9-17)10-18/h3,6-7,11-12,18H,4-5,8-10H2,1-2H3. The van der Waals surface area contributed by atoms with Crippen molar-refractivity contribution >= 4 is 5.91 Å². The van der Waals surface area contributed by atoms with Crippen LogP contribution in [-0.4, -0.2) is 46.7 Å². The molecule has 2 heterocycles. The number of rotatable bonds is 4. The van der Waals surface area contributed by atoms with Crippen molar-refractivity contribution in [3.8, 4) is 5.88 Å². The van der Waals surface area contributed by atoms with E-state index in [2.05, 4.69) is 4.98 Å². The Kier molecular flexibility index (Phi) is 4.95. The maximum atomic E-state index is 12.4. The Morgan fingerprint density at radius 3 is 3.05 bits per heavy atom. The van der Waals surface area contributed by atoms with Crippen molar-refractivity contribution in [3.63, 3.8) is 0 Å². The first kappa shape index (κ1) is 14.8. The fourth-order valence-electron chi connectivity index (χ4n) is 2.40. The summed E-state index contributed by atoms with van der Waals surface area (Å²) in [6.45, 7) is 5.31. The summed E-state index contributed by atoms with van der Waals surface area (Å²) in [5, 5.41) is 9.23. The fraction of sp³-hybridized carbons (Fsp3) is 0.600. The van der Waals surface area contributed by atoms with Gasteiger partial charge in [-0.05, 0) is 38.7 Å². The molecular weight excluding hydrogens is 256 g/mol. The highest BCUT2D eigenvalue weighted by molar-refractivity contribution is 5.92. The molecule has 1 unspecified atom stereocenters. The van der Waals surface area contributed by atoms with Crippen LogP contribution in [0.15, 0.2) is 18.2 Å². The molecule has 1 aliphatic heterocycles. The third-order valence-corrected chi connectivity index (χ3v) is 3.36. The number of hydrogen-bond donors (Lipinski definition) is 1. The van der Waals surface area contributed by atoms with Crippen LogP contribution in [0.3, 0.4) is 0 Å². The van der Waals surface area contributed by atoms with Gasteiger partial charge >= 0.3 is 0 Å². The van der Waals surface area contributed by atoms with Crippen molar-refractivity contribution in [2.75, 3.05) is 19.7 Å². The summed E-state index contributed by atoms with van der Waals surface area (Å²) in [7, 11) is 0. The van der Waals surface area contributed by atoms with Gasteiger partial charge in [0, 0.05) is 25.8 Å². The van der Waals surface area contributed by atoms with E-state index >= 15 is 0 Å². The molecule has 0 spiro atoms. The number of ether oxygens (including phenoxy) is 1. The van der Waals surface area contributed by atoms with Gasteiger partial charge in [0.25, 0.3) is 5.91 Å². The van der Waals surface area contributed by atoms with E-state index in [0.717, 1.165) is 19.4 Å². The number of carbonyl (C=O) groups excluding carboxylic acids is 1. The molecule has 0 aromatic carbocycles. The minimum Gasteiger partial charge on any atom is -0.475 e. The van der Waals surface area contributed by atoms with Crippen molar-refractivity contribution in [2.45, 2.75) is 32.8 Å². The Bertz CT molecular complexity index is 462. The van der Waals surface area contributed by atoms with Crippen LogP contribution in [0.25, 0.3) is 0 Å². The molecule has 0 radical (unpaired) electrons. The lowest BCUT2D eigenvalue weighted by atomic mass is 9.99. The number of carbonyl (C=O) groups is 1.